The Hall–Kier alpha value is -2.89. The fourth-order valence-electron chi connectivity index (χ4n) is 4.15. The van der Waals surface area contributed by atoms with Crippen LogP contribution in [0.2, 0.25) is 0 Å². The molecule has 2 fully saturated rings. The van der Waals surface area contributed by atoms with E-state index in [0.29, 0.717) is 30.1 Å². The molecule has 1 aromatic heterocycles. The van der Waals surface area contributed by atoms with Crippen molar-refractivity contribution in [2.24, 2.45) is 0 Å². The van der Waals surface area contributed by atoms with Crippen molar-refractivity contribution in [3.8, 4) is 5.88 Å². The predicted octanol–water partition coefficient (Wildman–Crippen LogP) is 3.56. The smallest absolute Gasteiger partial charge is 0.259 e. The van der Waals surface area contributed by atoms with Gasteiger partial charge in [0.05, 0.1) is 6.54 Å². The molecular formula is C24H29N3O3. The molecule has 0 radical (unpaired) electrons. The number of piperidine rings is 1. The summed E-state index contributed by atoms with van der Waals surface area (Å²) < 4.78 is 6.12. The first-order valence-corrected chi connectivity index (χ1v) is 10.9. The van der Waals surface area contributed by atoms with Crippen LogP contribution in [0.5, 0.6) is 5.88 Å². The summed E-state index contributed by atoms with van der Waals surface area (Å²) in [6.45, 7) is 4.82. The molecule has 2 saturated heterocycles. The lowest BCUT2D eigenvalue weighted by atomic mass is 10.1. The monoisotopic (exact) mass is 407 g/mol. The molecule has 2 aromatic rings. The van der Waals surface area contributed by atoms with Crippen LogP contribution in [0.25, 0.3) is 0 Å². The van der Waals surface area contributed by atoms with Gasteiger partial charge in [-0.05, 0) is 55.5 Å². The van der Waals surface area contributed by atoms with E-state index >= 15 is 0 Å². The number of carbonyl (C=O) groups is 2. The summed E-state index contributed by atoms with van der Waals surface area (Å²) in [4.78, 5) is 33.8. The number of hydrogen-bond donors (Lipinski definition) is 0. The Morgan fingerprint density at radius 3 is 2.50 bits per heavy atom. The molecule has 0 aliphatic carbocycles. The van der Waals surface area contributed by atoms with Gasteiger partial charge in [-0.15, -0.1) is 0 Å². The average Bonchev–Trinajstić information content (AvgIpc) is 3.27. The Morgan fingerprint density at radius 2 is 1.77 bits per heavy atom. The highest BCUT2D eigenvalue weighted by molar-refractivity contribution is 5.96. The summed E-state index contributed by atoms with van der Waals surface area (Å²) in [7, 11) is 0. The van der Waals surface area contributed by atoms with E-state index in [1.807, 2.05) is 34.1 Å². The van der Waals surface area contributed by atoms with Gasteiger partial charge >= 0.3 is 0 Å². The molecule has 1 unspecified atom stereocenters. The largest absolute Gasteiger partial charge is 0.472 e. The maximum Gasteiger partial charge on any atom is 0.259 e. The molecule has 0 spiro atoms. The predicted molar refractivity (Wildman–Crippen MR) is 115 cm³/mol. The number of hydrogen-bond acceptors (Lipinski definition) is 4. The third-order valence-corrected chi connectivity index (χ3v) is 5.96. The number of rotatable bonds is 5. The van der Waals surface area contributed by atoms with Gasteiger partial charge in [-0.25, -0.2) is 4.98 Å². The number of likely N-dealkylation sites (tertiary alicyclic amines) is 2. The van der Waals surface area contributed by atoms with Crippen molar-refractivity contribution >= 4 is 11.8 Å². The molecule has 2 aliphatic rings. The van der Waals surface area contributed by atoms with Crippen molar-refractivity contribution in [1.29, 1.82) is 0 Å². The number of carbonyl (C=O) groups excluding carboxylic acids is 2. The summed E-state index contributed by atoms with van der Waals surface area (Å²) in [5.74, 6) is 0.383. The first-order chi connectivity index (χ1) is 14.7. The summed E-state index contributed by atoms with van der Waals surface area (Å²) in [5.41, 5.74) is 2.43. The Kier molecular flexibility index (Phi) is 6.31. The highest BCUT2D eigenvalue weighted by Crippen LogP contribution is 2.24. The number of nitrogens with zero attached hydrogens (tertiary/aromatic N) is 3. The molecule has 3 heterocycles. The zero-order chi connectivity index (χ0) is 20.9. The highest BCUT2D eigenvalue weighted by atomic mass is 16.5. The number of amides is 2. The van der Waals surface area contributed by atoms with Crippen LogP contribution in [0.3, 0.4) is 0 Å². The molecule has 1 atom stereocenters. The second-order valence-corrected chi connectivity index (χ2v) is 8.04. The van der Waals surface area contributed by atoms with Crippen LogP contribution < -0.4 is 4.74 Å². The molecule has 158 valence electrons. The zero-order valence-electron chi connectivity index (χ0n) is 17.5. The molecule has 2 aliphatic heterocycles. The molecule has 0 bridgehead atoms. The number of pyridine rings is 1. The first kappa shape index (κ1) is 20.4. The summed E-state index contributed by atoms with van der Waals surface area (Å²) in [5, 5.41) is 0. The molecule has 1 aromatic carbocycles. The molecule has 0 saturated carbocycles. The van der Waals surface area contributed by atoms with Gasteiger partial charge in [-0.1, -0.05) is 19.1 Å². The van der Waals surface area contributed by atoms with E-state index < -0.39 is 0 Å². The van der Waals surface area contributed by atoms with Crippen molar-refractivity contribution in [3.05, 3.63) is 59.3 Å². The summed E-state index contributed by atoms with van der Waals surface area (Å²) in [6, 6.07) is 11.3. The zero-order valence-corrected chi connectivity index (χ0v) is 17.5. The fourth-order valence-corrected chi connectivity index (χ4v) is 4.15. The van der Waals surface area contributed by atoms with Gasteiger partial charge in [-0.3, -0.25) is 9.59 Å². The summed E-state index contributed by atoms with van der Waals surface area (Å²) in [6.07, 6.45) is 6.43. The van der Waals surface area contributed by atoms with Gasteiger partial charge in [0.25, 0.3) is 11.8 Å². The highest BCUT2D eigenvalue weighted by Gasteiger charge is 2.30. The van der Waals surface area contributed by atoms with Crippen molar-refractivity contribution in [2.45, 2.75) is 45.1 Å². The lowest BCUT2D eigenvalue weighted by Gasteiger charge is -2.27. The third-order valence-electron chi connectivity index (χ3n) is 5.96. The normalized spacial score (nSPS) is 19.0. The molecule has 30 heavy (non-hydrogen) atoms. The van der Waals surface area contributed by atoms with Gasteiger partial charge in [0, 0.05) is 37.8 Å². The van der Waals surface area contributed by atoms with Crippen molar-refractivity contribution < 1.29 is 14.3 Å². The van der Waals surface area contributed by atoms with Crippen LogP contribution in [0.4, 0.5) is 0 Å². The quantitative estimate of drug-likeness (QED) is 0.760. The van der Waals surface area contributed by atoms with Crippen molar-refractivity contribution in [2.75, 3.05) is 26.2 Å². The minimum Gasteiger partial charge on any atom is -0.472 e. The second kappa shape index (κ2) is 9.28. The van der Waals surface area contributed by atoms with Gasteiger partial charge in [0.15, 0.2) is 0 Å². The van der Waals surface area contributed by atoms with E-state index in [2.05, 4.69) is 11.9 Å². The molecule has 6 nitrogen and oxygen atoms in total. The van der Waals surface area contributed by atoms with Gasteiger partial charge in [0.2, 0.25) is 5.88 Å². The van der Waals surface area contributed by atoms with Crippen LogP contribution in [0.1, 0.15) is 58.9 Å². The minimum atomic E-state index is -0.160. The fraction of sp³-hybridized carbons (Fsp3) is 0.458. The minimum absolute atomic E-state index is 0.0141. The number of ether oxygens (including phenoxy) is 1. The first-order valence-electron chi connectivity index (χ1n) is 10.9. The molecule has 6 heteroatoms. The topological polar surface area (TPSA) is 62.7 Å². The Balaban J connectivity index is 1.41. The SMILES string of the molecule is CCc1ccc(C(=O)N2CCC(Oc3ncccc3C(=O)N3CCCCC3)C2)cc1. The maximum absolute atomic E-state index is 12.9. The third kappa shape index (κ3) is 4.48. The van der Waals surface area contributed by atoms with E-state index in [4.69, 9.17) is 4.74 Å². The van der Waals surface area contributed by atoms with E-state index in [1.54, 1.807) is 18.3 Å². The van der Waals surface area contributed by atoms with E-state index in [0.717, 1.165) is 38.8 Å². The number of aromatic nitrogens is 1. The van der Waals surface area contributed by atoms with Crippen LogP contribution in [-0.4, -0.2) is 58.9 Å². The Morgan fingerprint density at radius 1 is 1.00 bits per heavy atom. The van der Waals surface area contributed by atoms with Crippen LogP contribution in [-0.2, 0) is 6.42 Å². The maximum atomic E-state index is 12.9. The number of benzene rings is 1. The standard InChI is InChI=1S/C24H29N3O3/c1-2-18-8-10-19(11-9-18)23(28)27-16-12-20(17-27)30-22-21(7-6-13-25-22)24(29)26-14-4-3-5-15-26/h6-11,13,20H,2-5,12,14-17H2,1H3. The number of aryl methyl sites for hydroxylation is 1. The van der Waals surface area contributed by atoms with Crippen molar-refractivity contribution in [1.82, 2.24) is 14.8 Å². The summed E-state index contributed by atoms with van der Waals surface area (Å²) >= 11 is 0. The van der Waals surface area contributed by atoms with Crippen LogP contribution in [0, 0.1) is 0 Å². The van der Waals surface area contributed by atoms with E-state index in [9.17, 15) is 9.59 Å². The second-order valence-electron chi connectivity index (χ2n) is 8.04. The van der Waals surface area contributed by atoms with Crippen LogP contribution >= 0.6 is 0 Å². The molecular weight excluding hydrogens is 378 g/mol. The van der Waals surface area contributed by atoms with Gasteiger partial charge < -0.3 is 14.5 Å². The van der Waals surface area contributed by atoms with Gasteiger partial charge in [0.1, 0.15) is 11.7 Å². The van der Waals surface area contributed by atoms with Crippen molar-refractivity contribution in [3.63, 3.8) is 0 Å². The van der Waals surface area contributed by atoms with Gasteiger partial charge in [-0.2, -0.15) is 0 Å². The Labute approximate surface area is 177 Å². The lowest BCUT2D eigenvalue weighted by Crippen LogP contribution is -2.36. The molecule has 4 rings (SSSR count). The lowest BCUT2D eigenvalue weighted by molar-refractivity contribution is 0.0708. The Bertz CT molecular complexity index is 891. The molecule has 2 amide bonds. The van der Waals surface area contributed by atoms with Crippen LogP contribution in [0.15, 0.2) is 42.6 Å². The molecule has 0 N–H and O–H groups in total. The van der Waals surface area contributed by atoms with E-state index in [-0.39, 0.29) is 17.9 Å². The van der Waals surface area contributed by atoms with E-state index in [1.165, 1.54) is 12.0 Å². The average molecular weight is 408 g/mol.